The minimum absolute atomic E-state index is 0.0568. The number of hydrogen-bond donors (Lipinski definition) is 1. The van der Waals surface area contributed by atoms with E-state index in [0.29, 0.717) is 12.5 Å². The molecule has 1 heterocycles. The molecule has 0 aromatic carbocycles. The molecular formula is C15H27NO3. The van der Waals surface area contributed by atoms with E-state index >= 15 is 0 Å². The van der Waals surface area contributed by atoms with E-state index in [4.69, 9.17) is 9.84 Å². The average Bonchev–Trinajstić information content (AvgIpc) is 2.95. The standard InChI is InChI=1S/C15H27NO3/c1-2-15(7-3-4-8-15)14(18)16-9-5-13(6-10-16)19-12-11-17/h13,17H,2-12H2,1H3. The number of amides is 1. The molecule has 0 atom stereocenters. The Balaban J connectivity index is 1.85. The fourth-order valence-electron chi connectivity index (χ4n) is 3.55. The number of nitrogens with zero attached hydrogens (tertiary/aromatic N) is 1. The van der Waals surface area contributed by atoms with E-state index in [1.54, 1.807) is 0 Å². The second kappa shape index (κ2) is 6.71. The molecule has 1 N–H and O–H groups in total. The van der Waals surface area contributed by atoms with E-state index in [2.05, 4.69) is 6.92 Å². The van der Waals surface area contributed by atoms with Crippen molar-refractivity contribution in [2.24, 2.45) is 5.41 Å². The summed E-state index contributed by atoms with van der Waals surface area (Å²) in [7, 11) is 0. The van der Waals surface area contributed by atoms with Crippen molar-refractivity contribution in [2.45, 2.75) is 58.0 Å². The molecule has 4 nitrogen and oxygen atoms in total. The number of carbonyl (C=O) groups is 1. The fourth-order valence-corrected chi connectivity index (χ4v) is 3.55. The number of ether oxygens (including phenoxy) is 1. The van der Waals surface area contributed by atoms with Crippen LogP contribution in [-0.2, 0) is 9.53 Å². The van der Waals surface area contributed by atoms with Crippen molar-refractivity contribution in [3.63, 3.8) is 0 Å². The average molecular weight is 269 g/mol. The van der Waals surface area contributed by atoms with Crippen LogP contribution in [0.5, 0.6) is 0 Å². The van der Waals surface area contributed by atoms with Gasteiger partial charge in [-0.3, -0.25) is 4.79 Å². The van der Waals surface area contributed by atoms with Gasteiger partial charge in [-0.25, -0.2) is 0 Å². The molecule has 1 aliphatic carbocycles. The second-order valence-corrected chi connectivity index (χ2v) is 5.93. The highest BCUT2D eigenvalue weighted by Crippen LogP contribution is 2.42. The number of rotatable bonds is 5. The first-order valence-electron chi connectivity index (χ1n) is 7.74. The summed E-state index contributed by atoms with van der Waals surface area (Å²) >= 11 is 0. The molecule has 110 valence electrons. The van der Waals surface area contributed by atoms with E-state index in [-0.39, 0.29) is 18.1 Å². The largest absolute Gasteiger partial charge is 0.394 e. The van der Waals surface area contributed by atoms with Crippen LogP contribution < -0.4 is 0 Å². The number of carbonyl (C=O) groups excluding carboxylic acids is 1. The molecule has 1 amide bonds. The van der Waals surface area contributed by atoms with Crippen molar-refractivity contribution in [2.75, 3.05) is 26.3 Å². The lowest BCUT2D eigenvalue weighted by atomic mass is 9.81. The molecule has 0 radical (unpaired) electrons. The van der Waals surface area contributed by atoms with Gasteiger partial charge in [0.2, 0.25) is 5.91 Å². The second-order valence-electron chi connectivity index (χ2n) is 5.93. The highest BCUT2D eigenvalue weighted by molar-refractivity contribution is 5.83. The van der Waals surface area contributed by atoms with Gasteiger partial charge in [-0.2, -0.15) is 0 Å². The molecule has 1 aliphatic heterocycles. The maximum atomic E-state index is 12.7. The topological polar surface area (TPSA) is 49.8 Å². The van der Waals surface area contributed by atoms with E-state index in [9.17, 15) is 4.79 Å². The molecule has 19 heavy (non-hydrogen) atoms. The van der Waals surface area contributed by atoms with Crippen molar-refractivity contribution in [3.8, 4) is 0 Å². The van der Waals surface area contributed by atoms with Gasteiger partial charge in [0.15, 0.2) is 0 Å². The lowest BCUT2D eigenvalue weighted by Crippen LogP contribution is -2.47. The van der Waals surface area contributed by atoms with Gasteiger partial charge in [-0.05, 0) is 32.1 Å². The molecule has 2 aliphatic rings. The highest BCUT2D eigenvalue weighted by Gasteiger charge is 2.42. The van der Waals surface area contributed by atoms with Gasteiger partial charge in [-0.15, -0.1) is 0 Å². The Labute approximate surface area is 116 Å². The van der Waals surface area contributed by atoms with Gasteiger partial charge in [0, 0.05) is 18.5 Å². The smallest absolute Gasteiger partial charge is 0.228 e. The third kappa shape index (κ3) is 3.29. The van der Waals surface area contributed by atoms with Crippen molar-refractivity contribution >= 4 is 5.91 Å². The number of likely N-dealkylation sites (tertiary alicyclic amines) is 1. The Morgan fingerprint density at radius 1 is 1.32 bits per heavy atom. The van der Waals surface area contributed by atoms with Crippen LogP contribution in [0.25, 0.3) is 0 Å². The molecule has 2 fully saturated rings. The molecular weight excluding hydrogens is 242 g/mol. The molecule has 2 rings (SSSR count). The minimum Gasteiger partial charge on any atom is -0.394 e. The summed E-state index contributed by atoms with van der Waals surface area (Å²) in [5.41, 5.74) is -0.0568. The van der Waals surface area contributed by atoms with Gasteiger partial charge in [-0.1, -0.05) is 19.8 Å². The van der Waals surface area contributed by atoms with E-state index in [1.807, 2.05) is 4.90 Å². The molecule has 0 unspecified atom stereocenters. The first-order valence-corrected chi connectivity index (χ1v) is 7.74. The zero-order chi connectivity index (χ0) is 13.7. The number of hydrogen-bond acceptors (Lipinski definition) is 3. The van der Waals surface area contributed by atoms with Gasteiger partial charge >= 0.3 is 0 Å². The van der Waals surface area contributed by atoms with Crippen LogP contribution in [0.15, 0.2) is 0 Å². The Morgan fingerprint density at radius 2 is 1.95 bits per heavy atom. The molecule has 1 saturated carbocycles. The maximum Gasteiger partial charge on any atom is 0.228 e. The monoisotopic (exact) mass is 269 g/mol. The Bertz CT molecular complexity index is 292. The summed E-state index contributed by atoms with van der Waals surface area (Å²) in [6, 6.07) is 0. The Morgan fingerprint density at radius 3 is 2.47 bits per heavy atom. The van der Waals surface area contributed by atoms with E-state index < -0.39 is 0 Å². The van der Waals surface area contributed by atoms with Gasteiger partial charge in [0.25, 0.3) is 0 Å². The van der Waals surface area contributed by atoms with E-state index in [1.165, 1.54) is 12.8 Å². The summed E-state index contributed by atoms with van der Waals surface area (Å²) < 4.78 is 5.55. The Kier molecular flexibility index (Phi) is 5.22. The van der Waals surface area contributed by atoms with Crippen LogP contribution in [-0.4, -0.2) is 48.3 Å². The van der Waals surface area contributed by atoms with Gasteiger partial charge in [0.1, 0.15) is 0 Å². The lowest BCUT2D eigenvalue weighted by molar-refractivity contribution is -0.145. The minimum atomic E-state index is -0.0568. The van der Waals surface area contributed by atoms with Crippen LogP contribution in [0.3, 0.4) is 0 Å². The summed E-state index contributed by atoms with van der Waals surface area (Å²) in [4.78, 5) is 14.8. The highest BCUT2D eigenvalue weighted by atomic mass is 16.5. The van der Waals surface area contributed by atoms with Gasteiger partial charge < -0.3 is 14.7 Å². The third-order valence-corrected chi connectivity index (χ3v) is 4.87. The quantitative estimate of drug-likeness (QED) is 0.830. The summed E-state index contributed by atoms with van der Waals surface area (Å²) in [6.07, 6.45) is 7.57. The van der Waals surface area contributed by atoms with E-state index in [0.717, 1.165) is 45.2 Å². The van der Waals surface area contributed by atoms with Crippen molar-refractivity contribution in [1.29, 1.82) is 0 Å². The van der Waals surface area contributed by atoms with Crippen LogP contribution in [0, 0.1) is 5.41 Å². The normalized spacial score (nSPS) is 23.8. The first kappa shape index (κ1) is 14.8. The summed E-state index contributed by atoms with van der Waals surface area (Å²) in [6.45, 7) is 4.28. The molecule has 0 aromatic heterocycles. The molecule has 0 spiro atoms. The van der Waals surface area contributed by atoms with Crippen LogP contribution in [0.2, 0.25) is 0 Å². The molecule has 4 heteroatoms. The van der Waals surface area contributed by atoms with Crippen molar-refractivity contribution < 1.29 is 14.6 Å². The molecule has 0 bridgehead atoms. The number of piperidine rings is 1. The first-order chi connectivity index (χ1) is 9.22. The zero-order valence-electron chi connectivity index (χ0n) is 12.1. The zero-order valence-corrected chi connectivity index (χ0v) is 12.1. The Hall–Kier alpha value is -0.610. The fraction of sp³-hybridized carbons (Fsp3) is 0.933. The molecule has 0 aromatic rings. The van der Waals surface area contributed by atoms with Crippen LogP contribution >= 0.6 is 0 Å². The number of aliphatic hydroxyl groups is 1. The number of aliphatic hydroxyl groups excluding tert-OH is 1. The molecule has 1 saturated heterocycles. The van der Waals surface area contributed by atoms with Crippen LogP contribution in [0.4, 0.5) is 0 Å². The predicted molar refractivity (Wildman–Crippen MR) is 73.8 cm³/mol. The maximum absolute atomic E-state index is 12.7. The van der Waals surface area contributed by atoms with Crippen molar-refractivity contribution in [1.82, 2.24) is 4.90 Å². The summed E-state index contributed by atoms with van der Waals surface area (Å²) in [5, 5.41) is 8.76. The van der Waals surface area contributed by atoms with Crippen LogP contribution in [0.1, 0.15) is 51.9 Å². The van der Waals surface area contributed by atoms with Gasteiger partial charge in [0.05, 0.1) is 19.3 Å². The SMILES string of the molecule is CCC1(C(=O)N2CCC(OCCO)CC2)CCCC1. The van der Waals surface area contributed by atoms with Crippen molar-refractivity contribution in [3.05, 3.63) is 0 Å². The predicted octanol–water partition coefficient (Wildman–Crippen LogP) is 1.96. The summed E-state index contributed by atoms with van der Waals surface area (Å²) in [5.74, 6) is 0.383. The lowest BCUT2D eigenvalue weighted by Gasteiger charge is -2.38. The third-order valence-electron chi connectivity index (χ3n) is 4.87.